The maximum Gasteiger partial charge on any atom is 0.222 e. The molecule has 0 N–H and O–H groups in total. The third-order valence-electron chi connectivity index (χ3n) is 4.58. The molecule has 0 bridgehead atoms. The lowest BCUT2D eigenvalue weighted by Gasteiger charge is -2.20. The number of rotatable bonds is 4. The molecule has 1 aliphatic heterocycles. The number of benzene rings is 2. The molecule has 2 aromatic rings. The Bertz CT molecular complexity index is 671. The van der Waals surface area contributed by atoms with Gasteiger partial charge in [-0.25, -0.2) is 0 Å². The first-order valence-electron chi connectivity index (χ1n) is 8.72. The lowest BCUT2D eigenvalue weighted by atomic mass is 10.1. The van der Waals surface area contributed by atoms with Gasteiger partial charge >= 0.3 is 0 Å². The van der Waals surface area contributed by atoms with Crippen LogP contribution in [-0.2, 0) is 11.2 Å². The number of hydrogen-bond acceptors (Lipinski definition) is 2. The summed E-state index contributed by atoms with van der Waals surface area (Å²) in [6.45, 7) is 3.85. The fourth-order valence-corrected chi connectivity index (χ4v) is 4.46. The van der Waals surface area contributed by atoms with E-state index in [0.717, 1.165) is 31.7 Å². The normalized spacial score (nSPS) is 18.2. The van der Waals surface area contributed by atoms with E-state index in [-0.39, 0.29) is 0 Å². The minimum Gasteiger partial charge on any atom is -0.342 e. The van der Waals surface area contributed by atoms with Crippen molar-refractivity contribution >= 4 is 17.7 Å². The number of amides is 1. The van der Waals surface area contributed by atoms with Crippen LogP contribution in [-0.4, -0.2) is 29.6 Å². The second kappa shape index (κ2) is 8.39. The van der Waals surface area contributed by atoms with E-state index in [0.29, 0.717) is 17.6 Å². The van der Waals surface area contributed by atoms with Gasteiger partial charge in [0.25, 0.3) is 0 Å². The molecule has 3 heteroatoms. The van der Waals surface area contributed by atoms with Crippen molar-refractivity contribution in [3.8, 4) is 0 Å². The fourth-order valence-electron chi connectivity index (χ4n) is 3.23. The summed E-state index contributed by atoms with van der Waals surface area (Å²) in [4.78, 5) is 14.6. The van der Waals surface area contributed by atoms with Crippen LogP contribution in [0.25, 0.3) is 0 Å². The number of aryl methyl sites for hydroxylation is 2. The zero-order valence-corrected chi connectivity index (χ0v) is 15.1. The summed E-state index contributed by atoms with van der Waals surface area (Å²) < 4.78 is 0. The molecule has 3 rings (SSSR count). The second-order valence-corrected chi connectivity index (χ2v) is 7.74. The molecule has 2 aromatic carbocycles. The summed E-state index contributed by atoms with van der Waals surface area (Å²) in [6, 6.07) is 19.1. The third kappa shape index (κ3) is 4.64. The zero-order chi connectivity index (χ0) is 16.8. The number of carbonyl (C=O) groups is 1. The average Bonchev–Trinajstić information content (AvgIpc) is 2.87. The van der Waals surface area contributed by atoms with Crippen molar-refractivity contribution in [3.63, 3.8) is 0 Å². The molecule has 0 spiro atoms. The number of thioether (sulfide) groups is 1. The number of hydrogen-bond donors (Lipinski definition) is 0. The largest absolute Gasteiger partial charge is 0.342 e. The van der Waals surface area contributed by atoms with Gasteiger partial charge in [-0.15, -0.1) is 0 Å². The highest BCUT2D eigenvalue weighted by Gasteiger charge is 2.21. The lowest BCUT2D eigenvalue weighted by Crippen LogP contribution is -2.33. The van der Waals surface area contributed by atoms with E-state index in [1.807, 2.05) is 11.8 Å². The Morgan fingerprint density at radius 1 is 1.12 bits per heavy atom. The molecule has 1 aliphatic rings. The molecule has 0 radical (unpaired) electrons. The lowest BCUT2D eigenvalue weighted by molar-refractivity contribution is -0.130. The predicted molar refractivity (Wildman–Crippen MR) is 102 cm³/mol. The van der Waals surface area contributed by atoms with Crippen molar-refractivity contribution in [2.45, 2.75) is 31.4 Å². The highest BCUT2D eigenvalue weighted by molar-refractivity contribution is 7.99. The van der Waals surface area contributed by atoms with E-state index in [9.17, 15) is 4.79 Å². The highest BCUT2D eigenvalue weighted by atomic mass is 32.2. The van der Waals surface area contributed by atoms with Gasteiger partial charge in [0.1, 0.15) is 0 Å². The first-order valence-corrected chi connectivity index (χ1v) is 9.77. The molecule has 1 fully saturated rings. The SMILES string of the molecule is Cc1cccc(CCC(=O)N2CCSC(c3ccccc3)CC2)c1. The van der Waals surface area contributed by atoms with Gasteiger partial charge in [-0.3, -0.25) is 4.79 Å². The minimum absolute atomic E-state index is 0.297. The molecule has 1 amide bonds. The first kappa shape index (κ1) is 17.1. The van der Waals surface area contributed by atoms with Crippen molar-refractivity contribution in [1.29, 1.82) is 0 Å². The van der Waals surface area contributed by atoms with Crippen molar-refractivity contribution in [3.05, 3.63) is 71.3 Å². The number of nitrogens with zero attached hydrogens (tertiary/aromatic N) is 1. The van der Waals surface area contributed by atoms with Crippen LogP contribution in [0.2, 0.25) is 0 Å². The van der Waals surface area contributed by atoms with Crippen molar-refractivity contribution < 1.29 is 4.79 Å². The molecule has 1 unspecified atom stereocenters. The van der Waals surface area contributed by atoms with E-state index < -0.39 is 0 Å². The summed E-state index contributed by atoms with van der Waals surface area (Å²) in [7, 11) is 0. The number of carbonyl (C=O) groups excluding carboxylic acids is 1. The Kier molecular flexibility index (Phi) is 5.97. The van der Waals surface area contributed by atoms with Gasteiger partial charge < -0.3 is 4.90 Å². The zero-order valence-electron chi connectivity index (χ0n) is 14.3. The van der Waals surface area contributed by atoms with Crippen LogP contribution < -0.4 is 0 Å². The van der Waals surface area contributed by atoms with Crippen LogP contribution in [0.3, 0.4) is 0 Å². The van der Waals surface area contributed by atoms with Crippen molar-refractivity contribution in [1.82, 2.24) is 4.90 Å². The Morgan fingerprint density at radius 2 is 1.96 bits per heavy atom. The van der Waals surface area contributed by atoms with E-state index in [1.54, 1.807) is 0 Å². The van der Waals surface area contributed by atoms with E-state index in [2.05, 4.69) is 66.4 Å². The topological polar surface area (TPSA) is 20.3 Å². The molecule has 0 aromatic heterocycles. The van der Waals surface area contributed by atoms with Gasteiger partial charge in [-0.1, -0.05) is 60.2 Å². The molecule has 1 atom stereocenters. The van der Waals surface area contributed by atoms with Crippen LogP contribution in [0.5, 0.6) is 0 Å². The summed E-state index contributed by atoms with van der Waals surface area (Å²) in [5, 5.41) is 0.515. The van der Waals surface area contributed by atoms with Gasteiger partial charge in [-0.2, -0.15) is 11.8 Å². The third-order valence-corrected chi connectivity index (χ3v) is 5.90. The van der Waals surface area contributed by atoms with Crippen molar-refractivity contribution in [2.75, 3.05) is 18.8 Å². The minimum atomic E-state index is 0.297. The van der Waals surface area contributed by atoms with Gasteiger partial charge in [0.05, 0.1) is 0 Å². The van der Waals surface area contributed by atoms with Gasteiger partial charge in [0.2, 0.25) is 5.91 Å². The quantitative estimate of drug-likeness (QED) is 0.809. The molecular formula is C21H25NOS. The smallest absolute Gasteiger partial charge is 0.222 e. The Morgan fingerprint density at radius 3 is 2.75 bits per heavy atom. The summed E-state index contributed by atoms with van der Waals surface area (Å²) >= 11 is 1.98. The van der Waals surface area contributed by atoms with Gasteiger partial charge in [0.15, 0.2) is 0 Å². The van der Waals surface area contributed by atoms with Gasteiger partial charge in [-0.05, 0) is 30.9 Å². The molecule has 1 saturated heterocycles. The van der Waals surface area contributed by atoms with E-state index in [4.69, 9.17) is 0 Å². The summed E-state index contributed by atoms with van der Waals surface area (Å²) in [5.41, 5.74) is 3.91. The molecule has 0 saturated carbocycles. The van der Waals surface area contributed by atoms with Crippen molar-refractivity contribution in [2.24, 2.45) is 0 Å². The van der Waals surface area contributed by atoms with E-state index in [1.165, 1.54) is 16.7 Å². The average molecular weight is 340 g/mol. The maximum atomic E-state index is 12.6. The molecule has 0 aliphatic carbocycles. The molecule has 1 heterocycles. The van der Waals surface area contributed by atoms with Crippen LogP contribution in [0.15, 0.2) is 54.6 Å². The van der Waals surface area contributed by atoms with Crippen LogP contribution in [0.4, 0.5) is 0 Å². The molecule has 2 nitrogen and oxygen atoms in total. The Balaban J connectivity index is 1.53. The van der Waals surface area contributed by atoms with Crippen LogP contribution >= 0.6 is 11.8 Å². The first-order chi connectivity index (χ1) is 11.7. The maximum absolute atomic E-state index is 12.6. The fraction of sp³-hybridized carbons (Fsp3) is 0.381. The predicted octanol–water partition coefficient (Wildman–Crippen LogP) is 4.63. The second-order valence-electron chi connectivity index (χ2n) is 6.43. The Hall–Kier alpha value is -1.74. The van der Waals surface area contributed by atoms with Crippen LogP contribution in [0, 0.1) is 6.92 Å². The monoisotopic (exact) mass is 339 g/mol. The van der Waals surface area contributed by atoms with E-state index >= 15 is 0 Å². The Labute approximate surface area is 149 Å². The summed E-state index contributed by atoms with van der Waals surface area (Å²) in [6.07, 6.45) is 2.50. The molecular weight excluding hydrogens is 314 g/mol. The summed E-state index contributed by atoms with van der Waals surface area (Å²) in [5.74, 6) is 1.32. The highest BCUT2D eigenvalue weighted by Crippen LogP contribution is 2.34. The molecule has 126 valence electrons. The van der Waals surface area contributed by atoms with Gasteiger partial charge in [0, 0.05) is 30.5 Å². The standard InChI is InChI=1S/C21H25NOS/c1-17-6-5-7-18(16-17)10-11-21(23)22-13-12-20(24-15-14-22)19-8-3-2-4-9-19/h2-9,16,20H,10-15H2,1H3. The molecule has 24 heavy (non-hydrogen) atoms. The van der Waals surface area contributed by atoms with Crippen LogP contribution in [0.1, 0.15) is 34.8 Å².